The highest BCUT2D eigenvalue weighted by molar-refractivity contribution is 7.15. The Morgan fingerprint density at radius 1 is 1.10 bits per heavy atom. The lowest BCUT2D eigenvalue weighted by Gasteiger charge is -2.08. The van der Waals surface area contributed by atoms with Crippen molar-refractivity contribution < 1.29 is 32.2 Å². The predicted molar refractivity (Wildman–Crippen MR) is 104 cm³/mol. The van der Waals surface area contributed by atoms with E-state index in [1.165, 1.54) is 18.2 Å². The summed E-state index contributed by atoms with van der Waals surface area (Å²) >= 11 is 0.0710. The van der Waals surface area contributed by atoms with Crippen LogP contribution in [0.4, 0.5) is 18.3 Å². The van der Waals surface area contributed by atoms with Gasteiger partial charge >= 0.3 is 11.8 Å². The third kappa shape index (κ3) is 4.19. The summed E-state index contributed by atoms with van der Waals surface area (Å²) in [6.45, 7) is 0. The molecule has 0 saturated heterocycles. The van der Waals surface area contributed by atoms with Gasteiger partial charge in [0, 0.05) is 6.07 Å². The number of rotatable bonds is 4. The number of amides is 1. The van der Waals surface area contributed by atoms with E-state index in [-0.39, 0.29) is 22.3 Å². The summed E-state index contributed by atoms with van der Waals surface area (Å²) in [6, 6.07) is 13.0. The Kier molecular flexibility index (Phi) is 5.07. The number of carbonyl (C=O) groups excluding carboxylic acids is 1. The van der Waals surface area contributed by atoms with Crippen LogP contribution in [0.5, 0.6) is 17.2 Å². The van der Waals surface area contributed by atoms with E-state index in [4.69, 9.17) is 9.15 Å². The second kappa shape index (κ2) is 7.72. The van der Waals surface area contributed by atoms with Crippen LogP contribution in [-0.2, 0) is 6.18 Å². The molecule has 0 aliphatic rings. The second-order valence-electron chi connectivity index (χ2n) is 6.05. The Balaban J connectivity index is 1.64. The summed E-state index contributed by atoms with van der Waals surface area (Å²) < 4.78 is 48.6. The third-order valence-electron chi connectivity index (χ3n) is 3.95. The second-order valence-corrected chi connectivity index (χ2v) is 7.03. The van der Waals surface area contributed by atoms with Gasteiger partial charge in [-0.3, -0.25) is 10.1 Å². The fourth-order valence-electron chi connectivity index (χ4n) is 2.60. The smallest absolute Gasteiger partial charge is 0.445 e. The first kappa shape index (κ1) is 20.3. The van der Waals surface area contributed by atoms with E-state index in [1.54, 1.807) is 24.3 Å². The number of aromatic nitrogens is 2. The number of para-hydroxylation sites is 1. The number of fused-ring (bicyclic) bond motifs is 1. The Morgan fingerprint density at radius 2 is 1.84 bits per heavy atom. The number of hydrogen-bond acceptors (Lipinski definition) is 8. The number of nitrogens with zero attached hydrogens (tertiary/aromatic N) is 2. The molecule has 12 heteroatoms. The summed E-state index contributed by atoms with van der Waals surface area (Å²) in [5.74, 6) is -1.05. The van der Waals surface area contributed by atoms with Gasteiger partial charge in [-0.25, -0.2) is 4.79 Å². The van der Waals surface area contributed by atoms with E-state index in [2.05, 4.69) is 10.2 Å². The predicted octanol–water partition coefficient (Wildman–Crippen LogP) is 4.41. The summed E-state index contributed by atoms with van der Waals surface area (Å²) in [5.41, 5.74) is -2.03. The van der Waals surface area contributed by atoms with Crippen molar-refractivity contribution in [1.29, 1.82) is 0 Å². The average Bonchev–Trinajstić information content (AvgIpc) is 3.17. The van der Waals surface area contributed by atoms with Crippen LogP contribution in [0.2, 0.25) is 0 Å². The minimum Gasteiger partial charge on any atom is -0.506 e. The van der Waals surface area contributed by atoms with Crippen molar-refractivity contribution in [2.75, 3.05) is 5.32 Å². The zero-order chi connectivity index (χ0) is 22.2. The molecule has 2 heterocycles. The molecule has 0 aliphatic heterocycles. The number of halogens is 3. The van der Waals surface area contributed by atoms with Crippen molar-refractivity contribution in [2.24, 2.45) is 0 Å². The fraction of sp³-hybridized carbons (Fsp3) is 0.0526. The number of alkyl halides is 3. The number of anilines is 1. The van der Waals surface area contributed by atoms with Crippen LogP contribution >= 0.6 is 11.3 Å². The lowest BCUT2D eigenvalue weighted by Crippen LogP contribution is -2.21. The number of ether oxygens (including phenoxy) is 1. The highest BCUT2D eigenvalue weighted by atomic mass is 32.1. The highest BCUT2D eigenvalue weighted by Crippen LogP contribution is 2.34. The summed E-state index contributed by atoms with van der Waals surface area (Å²) in [6.07, 6.45) is -4.73. The Morgan fingerprint density at radius 3 is 2.52 bits per heavy atom. The van der Waals surface area contributed by atoms with Crippen molar-refractivity contribution in [3.05, 3.63) is 69.5 Å². The lowest BCUT2D eigenvalue weighted by atomic mass is 10.1. The van der Waals surface area contributed by atoms with Gasteiger partial charge < -0.3 is 14.3 Å². The first-order valence-corrected chi connectivity index (χ1v) is 9.29. The van der Waals surface area contributed by atoms with Gasteiger partial charge in [0.05, 0.1) is 5.39 Å². The molecule has 0 atom stereocenters. The van der Waals surface area contributed by atoms with Gasteiger partial charge in [-0.15, -0.1) is 10.2 Å². The summed E-state index contributed by atoms with van der Waals surface area (Å²) in [4.78, 5) is 24.6. The van der Waals surface area contributed by atoms with Crippen molar-refractivity contribution >= 4 is 33.3 Å². The number of benzene rings is 2. The van der Waals surface area contributed by atoms with Gasteiger partial charge in [0.2, 0.25) is 10.1 Å². The summed E-state index contributed by atoms with van der Waals surface area (Å²) in [5, 5.41) is 16.8. The van der Waals surface area contributed by atoms with Crippen LogP contribution in [0.3, 0.4) is 0 Å². The van der Waals surface area contributed by atoms with Crippen molar-refractivity contribution in [3.63, 3.8) is 0 Å². The molecule has 4 rings (SSSR count). The van der Waals surface area contributed by atoms with Gasteiger partial charge in [-0.2, -0.15) is 13.2 Å². The van der Waals surface area contributed by atoms with Crippen LogP contribution in [-0.4, -0.2) is 21.2 Å². The monoisotopic (exact) mass is 449 g/mol. The molecule has 0 saturated carbocycles. The Labute approximate surface area is 174 Å². The number of carbonyl (C=O) groups is 1. The SMILES string of the molecule is O=C(Nc1nnc(C(F)(F)F)s1)c1c(O)c2ccc(Oc3ccccc3)cc2oc1=O. The normalized spacial score (nSPS) is 11.5. The molecule has 0 fully saturated rings. The van der Waals surface area contributed by atoms with Crippen LogP contribution < -0.4 is 15.7 Å². The van der Waals surface area contributed by atoms with E-state index < -0.39 is 39.2 Å². The molecular weight excluding hydrogens is 439 g/mol. The molecule has 8 nitrogen and oxygen atoms in total. The maximum atomic E-state index is 12.6. The quantitative estimate of drug-likeness (QED) is 0.444. The highest BCUT2D eigenvalue weighted by Gasteiger charge is 2.36. The van der Waals surface area contributed by atoms with E-state index in [1.807, 2.05) is 11.4 Å². The average molecular weight is 449 g/mol. The standard InChI is InChI=1S/C19H10F3N3O5S/c20-19(21,22)17-24-25-18(31-17)23-15(27)13-14(26)11-7-6-10(8-12(11)30-16(13)28)29-9-4-2-1-3-5-9/h1-8,26H,(H,23,25,27). The van der Waals surface area contributed by atoms with E-state index in [0.29, 0.717) is 11.5 Å². The molecule has 2 N–H and O–H groups in total. The number of hydrogen-bond donors (Lipinski definition) is 2. The number of nitrogens with one attached hydrogen (secondary N) is 1. The first-order chi connectivity index (χ1) is 14.7. The zero-order valence-electron chi connectivity index (χ0n) is 15.1. The molecule has 1 amide bonds. The Hall–Kier alpha value is -3.93. The van der Waals surface area contributed by atoms with Crippen molar-refractivity contribution in [2.45, 2.75) is 6.18 Å². The molecule has 0 radical (unpaired) electrons. The van der Waals surface area contributed by atoms with Crippen LogP contribution in [0, 0.1) is 0 Å². The maximum Gasteiger partial charge on any atom is 0.445 e. The van der Waals surface area contributed by atoms with Gasteiger partial charge in [-0.05, 0) is 24.3 Å². The van der Waals surface area contributed by atoms with Gasteiger partial charge in [0.1, 0.15) is 22.8 Å². The number of aromatic hydroxyl groups is 1. The summed E-state index contributed by atoms with van der Waals surface area (Å²) in [7, 11) is 0. The molecule has 0 aliphatic carbocycles. The third-order valence-corrected chi connectivity index (χ3v) is 4.83. The lowest BCUT2D eigenvalue weighted by molar-refractivity contribution is -0.138. The van der Waals surface area contributed by atoms with Crippen molar-refractivity contribution in [3.8, 4) is 17.2 Å². The molecule has 4 aromatic rings. The molecular formula is C19H10F3N3O5S. The van der Waals surface area contributed by atoms with Crippen molar-refractivity contribution in [1.82, 2.24) is 10.2 Å². The van der Waals surface area contributed by atoms with Crippen LogP contribution in [0.15, 0.2) is 57.7 Å². The molecule has 158 valence electrons. The Bertz CT molecular complexity index is 1340. The molecule has 2 aromatic heterocycles. The topological polar surface area (TPSA) is 115 Å². The molecule has 0 unspecified atom stereocenters. The van der Waals surface area contributed by atoms with Gasteiger partial charge in [-0.1, -0.05) is 29.5 Å². The maximum absolute atomic E-state index is 12.6. The minimum absolute atomic E-state index is 0.0263. The minimum atomic E-state index is -4.73. The molecule has 2 aromatic carbocycles. The zero-order valence-corrected chi connectivity index (χ0v) is 16.0. The molecule has 0 spiro atoms. The van der Waals surface area contributed by atoms with E-state index >= 15 is 0 Å². The van der Waals surface area contributed by atoms with E-state index in [0.717, 1.165) is 0 Å². The van der Waals surface area contributed by atoms with Crippen LogP contribution in [0.1, 0.15) is 15.4 Å². The van der Waals surface area contributed by atoms with Gasteiger partial charge in [0.15, 0.2) is 5.56 Å². The molecule has 31 heavy (non-hydrogen) atoms. The van der Waals surface area contributed by atoms with Crippen LogP contribution in [0.25, 0.3) is 11.0 Å². The molecule has 0 bridgehead atoms. The van der Waals surface area contributed by atoms with E-state index in [9.17, 15) is 27.9 Å². The largest absolute Gasteiger partial charge is 0.506 e. The van der Waals surface area contributed by atoms with Gasteiger partial charge in [0.25, 0.3) is 5.91 Å². The first-order valence-electron chi connectivity index (χ1n) is 8.47. The fourth-order valence-corrected chi connectivity index (χ4v) is 3.21.